The highest BCUT2D eigenvalue weighted by Crippen LogP contribution is 2.36. The van der Waals surface area contributed by atoms with E-state index in [4.69, 9.17) is 0 Å². The molecule has 0 unspecified atom stereocenters. The molecule has 0 aliphatic heterocycles. The molecule has 0 fully saturated rings. The van der Waals surface area contributed by atoms with Crippen LogP contribution in [0.4, 0.5) is 14.5 Å². The fourth-order valence-corrected chi connectivity index (χ4v) is 5.67. The van der Waals surface area contributed by atoms with Gasteiger partial charge in [0, 0.05) is 51.7 Å². The van der Waals surface area contributed by atoms with E-state index >= 15 is 0 Å². The number of aryl methyl sites for hydroxylation is 1. The predicted molar refractivity (Wildman–Crippen MR) is 127 cm³/mol. The third-order valence-electron chi connectivity index (χ3n) is 5.20. The fourth-order valence-electron chi connectivity index (χ4n) is 3.61. The Hall–Kier alpha value is -3.56. The van der Waals surface area contributed by atoms with Crippen LogP contribution >= 0.6 is 11.3 Å². The molecular formula is C24H17F2N3O2S2. The summed E-state index contributed by atoms with van der Waals surface area (Å²) in [5.41, 5.74) is 3.15. The van der Waals surface area contributed by atoms with Crippen LogP contribution in [0.5, 0.6) is 0 Å². The zero-order chi connectivity index (χ0) is 23.2. The number of halogens is 2. The number of hydrogen-bond donors (Lipinski definition) is 1. The molecule has 33 heavy (non-hydrogen) atoms. The molecule has 0 atom stereocenters. The first-order valence-corrected chi connectivity index (χ1v) is 12.2. The van der Waals surface area contributed by atoms with E-state index in [1.54, 1.807) is 23.6 Å². The van der Waals surface area contributed by atoms with E-state index in [0.717, 1.165) is 43.9 Å². The second-order valence-corrected chi connectivity index (χ2v) is 10.3. The van der Waals surface area contributed by atoms with Crippen LogP contribution in [-0.2, 0) is 17.1 Å². The molecule has 0 saturated carbocycles. The van der Waals surface area contributed by atoms with Gasteiger partial charge in [0.25, 0.3) is 10.0 Å². The Morgan fingerprint density at radius 1 is 0.879 bits per heavy atom. The molecule has 9 heteroatoms. The maximum Gasteiger partial charge on any atom is 0.262 e. The van der Waals surface area contributed by atoms with Crippen molar-refractivity contribution in [1.29, 1.82) is 0 Å². The summed E-state index contributed by atoms with van der Waals surface area (Å²) >= 11 is 1.56. The van der Waals surface area contributed by atoms with Crippen molar-refractivity contribution in [3.63, 3.8) is 0 Å². The Balaban J connectivity index is 1.43. The van der Waals surface area contributed by atoms with Gasteiger partial charge in [-0.1, -0.05) is 6.07 Å². The van der Waals surface area contributed by atoms with E-state index in [1.165, 1.54) is 6.20 Å². The van der Waals surface area contributed by atoms with Crippen molar-refractivity contribution >= 4 is 38.0 Å². The molecule has 0 amide bonds. The first kappa shape index (κ1) is 21.3. The highest BCUT2D eigenvalue weighted by atomic mass is 32.2. The van der Waals surface area contributed by atoms with E-state index in [1.807, 2.05) is 25.4 Å². The molecule has 3 aromatic heterocycles. The van der Waals surface area contributed by atoms with Crippen LogP contribution in [0.25, 0.3) is 31.8 Å². The zero-order valence-corrected chi connectivity index (χ0v) is 18.9. The monoisotopic (exact) mass is 481 g/mol. The number of benzene rings is 2. The average Bonchev–Trinajstić information content (AvgIpc) is 3.40. The van der Waals surface area contributed by atoms with Crippen molar-refractivity contribution in [3.8, 4) is 20.9 Å². The lowest BCUT2D eigenvalue weighted by molar-refractivity contribution is 0.568. The lowest BCUT2D eigenvalue weighted by atomic mass is 10.1. The van der Waals surface area contributed by atoms with Crippen LogP contribution in [0.2, 0.25) is 0 Å². The standard InChI is InChI=1S/C24H17F2N3O2S2/c1-29-7-6-15-8-16(2-3-22(15)29)23-4-5-24(32-23)17-9-20(14-27-13-17)28-33(30,31)21-11-18(25)10-19(26)12-21/h2-14,28H,1H3. The number of pyridine rings is 1. The summed E-state index contributed by atoms with van der Waals surface area (Å²) in [4.78, 5) is 5.60. The third kappa shape index (κ3) is 4.24. The van der Waals surface area contributed by atoms with E-state index in [2.05, 4.69) is 38.5 Å². The second kappa shape index (κ2) is 8.09. The Morgan fingerprint density at radius 2 is 1.61 bits per heavy atom. The van der Waals surface area contributed by atoms with Gasteiger partial charge in [-0.05, 0) is 54.1 Å². The van der Waals surface area contributed by atoms with Crippen molar-refractivity contribution < 1.29 is 17.2 Å². The number of rotatable bonds is 5. The molecule has 5 nitrogen and oxygen atoms in total. The predicted octanol–water partition coefficient (Wildman–Crippen LogP) is 6.05. The average molecular weight is 482 g/mol. The van der Waals surface area contributed by atoms with E-state index in [0.29, 0.717) is 6.07 Å². The summed E-state index contributed by atoms with van der Waals surface area (Å²) in [6.45, 7) is 0. The normalized spacial score (nSPS) is 11.7. The van der Waals surface area contributed by atoms with Gasteiger partial charge in [0.15, 0.2) is 0 Å². The SMILES string of the molecule is Cn1ccc2cc(-c3ccc(-c4cncc(NS(=O)(=O)c5cc(F)cc(F)c5)c4)s3)ccc21. The van der Waals surface area contributed by atoms with E-state index < -0.39 is 26.6 Å². The number of nitrogens with zero attached hydrogens (tertiary/aromatic N) is 2. The summed E-state index contributed by atoms with van der Waals surface area (Å²) in [5, 5.41) is 1.15. The smallest absolute Gasteiger partial charge is 0.262 e. The maximum absolute atomic E-state index is 13.5. The molecular weight excluding hydrogens is 464 g/mol. The zero-order valence-electron chi connectivity index (χ0n) is 17.3. The van der Waals surface area contributed by atoms with E-state index in [-0.39, 0.29) is 5.69 Å². The molecule has 0 saturated heterocycles. The number of fused-ring (bicyclic) bond motifs is 1. The van der Waals surface area contributed by atoms with Gasteiger partial charge in [-0.15, -0.1) is 11.3 Å². The summed E-state index contributed by atoms with van der Waals surface area (Å²) in [6, 6.07) is 16.1. The second-order valence-electron chi connectivity index (χ2n) is 7.54. The molecule has 1 N–H and O–H groups in total. The van der Waals surface area contributed by atoms with Crippen LogP contribution in [0.15, 0.2) is 84.1 Å². The molecule has 5 rings (SSSR count). The van der Waals surface area contributed by atoms with Crippen LogP contribution in [0, 0.1) is 11.6 Å². The lowest BCUT2D eigenvalue weighted by Gasteiger charge is -2.09. The molecule has 0 bridgehead atoms. The van der Waals surface area contributed by atoms with Gasteiger partial charge in [-0.25, -0.2) is 17.2 Å². The molecule has 0 spiro atoms. The first-order valence-electron chi connectivity index (χ1n) is 9.88. The van der Waals surface area contributed by atoms with Crippen molar-refractivity contribution in [3.05, 3.63) is 90.9 Å². The molecule has 0 aliphatic rings. The lowest BCUT2D eigenvalue weighted by Crippen LogP contribution is -2.13. The Kier molecular flexibility index (Phi) is 5.22. The Morgan fingerprint density at radius 3 is 2.36 bits per heavy atom. The van der Waals surface area contributed by atoms with Gasteiger partial charge in [0.05, 0.1) is 16.8 Å². The highest BCUT2D eigenvalue weighted by molar-refractivity contribution is 7.92. The number of sulfonamides is 1. The quantitative estimate of drug-likeness (QED) is 0.333. The number of hydrogen-bond acceptors (Lipinski definition) is 4. The number of anilines is 1. The van der Waals surface area contributed by atoms with Crippen molar-refractivity contribution in [2.45, 2.75) is 4.90 Å². The maximum atomic E-state index is 13.5. The van der Waals surface area contributed by atoms with Gasteiger partial charge < -0.3 is 4.57 Å². The largest absolute Gasteiger partial charge is 0.351 e. The van der Waals surface area contributed by atoms with Crippen molar-refractivity contribution in [2.75, 3.05) is 4.72 Å². The van der Waals surface area contributed by atoms with Crippen LogP contribution in [-0.4, -0.2) is 18.0 Å². The van der Waals surface area contributed by atoms with Gasteiger partial charge in [-0.2, -0.15) is 0 Å². The molecule has 5 aromatic rings. The fraction of sp³-hybridized carbons (Fsp3) is 0.0417. The van der Waals surface area contributed by atoms with Crippen LogP contribution in [0.1, 0.15) is 0 Å². The van der Waals surface area contributed by atoms with Gasteiger partial charge in [0.2, 0.25) is 0 Å². The minimum absolute atomic E-state index is 0.192. The highest BCUT2D eigenvalue weighted by Gasteiger charge is 2.17. The molecule has 3 heterocycles. The van der Waals surface area contributed by atoms with Gasteiger partial charge in [-0.3, -0.25) is 9.71 Å². The molecule has 2 aromatic carbocycles. The number of thiophene rings is 1. The first-order chi connectivity index (χ1) is 15.8. The number of aromatic nitrogens is 2. The van der Waals surface area contributed by atoms with Crippen LogP contribution < -0.4 is 4.72 Å². The van der Waals surface area contributed by atoms with Gasteiger partial charge >= 0.3 is 0 Å². The van der Waals surface area contributed by atoms with E-state index in [9.17, 15) is 17.2 Å². The minimum atomic E-state index is -4.18. The van der Waals surface area contributed by atoms with Crippen LogP contribution in [0.3, 0.4) is 0 Å². The summed E-state index contributed by atoms with van der Waals surface area (Å²) in [7, 11) is -2.18. The summed E-state index contributed by atoms with van der Waals surface area (Å²) in [5.74, 6) is -1.94. The third-order valence-corrected chi connectivity index (χ3v) is 7.74. The van der Waals surface area contributed by atoms with Gasteiger partial charge in [0.1, 0.15) is 11.6 Å². The Bertz CT molecular complexity index is 1590. The minimum Gasteiger partial charge on any atom is -0.351 e. The Labute approximate surface area is 193 Å². The van der Waals surface area contributed by atoms with Crippen molar-refractivity contribution in [1.82, 2.24) is 9.55 Å². The molecule has 0 aliphatic carbocycles. The number of nitrogens with one attached hydrogen (secondary N) is 1. The molecule has 0 radical (unpaired) electrons. The van der Waals surface area contributed by atoms with Crippen molar-refractivity contribution in [2.24, 2.45) is 7.05 Å². The summed E-state index contributed by atoms with van der Waals surface area (Å²) < 4.78 is 56.5. The molecule has 166 valence electrons. The topological polar surface area (TPSA) is 64.0 Å². The summed E-state index contributed by atoms with van der Waals surface area (Å²) in [6.07, 6.45) is 4.99.